The second kappa shape index (κ2) is 7.12. The van der Waals surface area contributed by atoms with E-state index in [0.29, 0.717) is 21.1 Å². The third kappa shape index (κ3) is 4.88. The number of halogens is 2. The molecular weight excluding hydrogens is 323 g/mol. The molecule has 0 aliphatic carbocycles. The van der Waals surface area contributed by atoms with Crippen LogP contribution in [0.4, 0.5) is 11.4 Å². The fourth-order valence-electron chi connectivity index (χ4n) is 1.89. The molecule has 2 aromatic rings. The molecule has 110 valence electrons. The Labute approximate surface area is 140 Å². The van der Waals surface area contributed by atoms with Gasteiger partial charge in [0.1, 0.15) is 0 Å². The van der Waals surface area contributed by atoms with Crippen molar-refractivity contribution < 1.29 is 0 Å². The normalized spacial score (nSPS) is 10.5. The lowest BCUT2D eigenvalue weighted by Crippen LogP contribution is -2.19. The molecule has 0 spiro atoms. The minimum atomic E-state index is 0.472. The van der Waals surface area contributed by atoms with Gasteiger partial charge in [-0.3, -0.25) is 0 Å². The highest BCUT2D eigenvalue weighted by atomic mass is 35.5. The first-order valence-electron chi connectivity index (χ1n) is 6.58. The largest absolute Gasteiger partial charge is 0.332 e. The number of anilines is 2. The number of thiocarbonyl (C=S) groups is 1. The molecule has 5 heteroatoms. The van der Waals surface area contributed by atoms with E-state index in [1.165, 1.54) is 5.56 Å². The first-order chi connectivity index (χ1) is 9.94. The van der Waals surface area contributed by atoms with Crippen LogP contribution in [0.25, 0.3) is 0 Å². The number of hydrogen-bond donors (Lipinski definition) is 2. The average molecular weight is 339 g/mol. The Bertz CT molecular complexity index is 636. The first kappa shape index (κ1) is 16.1. The lowest BCUT2D eigenvalue weighted by atomic mass is 10.0. The molecule has 0 aliphatic heterocycles. The van der Waals surface area contributed by atoms with Gasteiger partial charge in [-0.25, -0.2) is 0 Å². The second-order valence-electron chi connectivity index (χ2n) is 5.02. The van der Waals surface area contributed by atoms with Crippen LogP contribution in [0, 0.1) is 0 Å². The summed E-state index contributed by atoms with van der Waals surface area (Å²) in [5.41, 5.74) is 2.96. The predicted octanol–water partition coefficient (Wildman–Crippen LogP) is 5.93. The maximum absolute atomic E-state index is 5.96. The van der Waals surface area contributed by atoms with Crippen LogP contribution in [0.2, 0.25) is 10.0 Å². The van der Waals surface area contributed by atoms with Crippen LogP contribution in [0.1, 0.15) is 25.3 Å². The van der Waals surface area contributed by atoms with Crippen LogP contribution in [0.5, 0.6) is 0 Å². The van der Waals surface area contributed by atoms with E-state index >= 15 is 0 Å². The van der Waals surface area contributed by atoms with Gasteiger partial charge >= 0.3 is 0 Å². The molecule has 0 heterocycles. The van der Waals surface area contributed by atoms with E-state index in [0.717, 1.165) is 11.4 Å². The smallest absolute Gasteiger partial charge is 0.175 e. The fraction of sp³-hybridized carbons (Fsp3) is 0.188. The van der Waals surface area contributed by atoms with Crippen molar-refractivity contribution in [2.24, 2.45) is 0 Å². The van der Waals surface area contributed by atoms with Gasteiger partial charge in [0.2, 0.25) is 0 Å². The molecular formula is C16H16Cl2N2S. The molecule has 0 radical (unpaired) electrons. The lowest BCUT2D eigenvalue weighted by Gasteiger charge is -2.13. The summed E-state index contributed by atoms with van der Waals surface area (Å²) in [6.07, 6.45) is 0. The predicted molar refractivity (Wildman–Crippen MR) is 96.8 cm³/mol. The summed E-state index contributed by atoms with van der Waals surface area (Å²) in [7, 11) is 0. The maximum Gasteiger partial charge on any atom is 0.175 e. The van der Waals surface area contributed by atoms with Crippen LogP contribution in [0.3, 0.4) is 0 Å². The van der Waals surface area contributed by atoms with Crippen LogP contribution in [-0.2, 0) is 0 Å². The molecule has 0 saturated carbocycles. The first-order valence-corrected chi connectivity index (χ1v) is 7.74. The van der Waals surface area contributed by atoms with E-state index in [9.17, 15) is 0 Å². The van der Waals surface area contributed by atoms with Gasteiger partial charge in [-0.05, 0) is 54.0 Å². The van der Waals surface area contributed by atoms with Crippen molar-refractivity contribution in [2.75, 3.05) is 10.6 Å². The third-order valence-corrected chi connectivity index (χ3v) is 3.57. The minimum absolute atomic E-state index is 0.472. The molecule has 2 nitrogen and oxygen atoms in total. The van der Waals surface area contributed by atoms with Crippen molar-refractivity contribution in [2.45, 2.75) is 19.8 Å². The summed E-state index contributed by atoms with van der Waals surface area (Å²) >= 11 is 17.2. The monoisotopic (exact) mass is 338 g/mol. The van der Waals surface area contributed by atoms with Crippen molar-refractivity contribution in [3.05, 3.63) is 58.1 Å². The highest BCUT2D eigenvalue weighted by molar-refractivity contribution is 7.80. The zero-order chi connectivity index (χ0) is 15.4. The zero-order valence-corrected chi connectivity index (χ0v) is 14.1. The lowest BCUT2D eigenvalue weighted by molar-refractivity contribution is 0.867. The summed E-state index contributed by atoms with van der Waals surface area (Å²) < 4.78 is 0. The summed E-state index contributed by atoms with van der Waals surface area (Å²) in [6.45, 7) is 4.31. The summed E-state index contributed by atoms with van der Waals surface area (Å²) in [4.78, 5) is 0. The highest BCUT2D eigenvalue weighted by Crippen LogP contribution is 2.23. The average Bonchev–Trinajstić information content (AvgIpc) is 2.37. The quantitative estimate of drug-likeness (QED) is 0.678. The van der Waals surface area contributed by atoms with Gasteiger partial charge in [-0.2, -0.15) is 0 Å². The Morgan fingerprint density at radius 3 is 2.19 bits per heavy atom. The highest BCUT2D eigenvalue weighted by Gasteiger charge is 2.04. The van der Waals surface area contributed by atoms with E-state index in [-0.39, 0.29) is 0 Å². The van der Waals surface area contributed by atoms with Crippen molar-refractivity contribution in [1.82, 2.24) is 0 Å². The summed E-state index contributed by atoms with van der Waals surface area (Å²) in [5.74, 6) is 0.472. The van der Waals surface area contributed by atoms with Gasteiger partial charge in [0.05, 0.1) is 0 Å². The molecule has 0 atom stereocenters. The second-order valence-corrected chi connectivity index (χ2v) is 6.30. The number of rotatable bonds is 3. The van der Waals surface area contributed by atoms with Gasteiger partial charge in [0.15, 0.2) is 5.11 Å². The summed E-state index contributed by atoms with van der Waals surface area (Å²) in [5, 5.41) is 7.85. The molecule has 0 fully saturated rings. The number of nitrogens with one attached hydrogen (secondary N) is 2. The van der Waals surface area contributed by atoms with E-state index in [1.807, 2.05) is 12.1 Å². The fourth-order valence-corrected chi connectivity index (χ4v) is 2.66. The molecule has 2 N–H and O–H groups in total. The third-order valence-electron chi connectivity index (χ3n) is 2.93. The van der Waals surface area contributed by atoms with E-state index in [4.69, 9.17) is 35.4 Å². The molecule has 0 unspecified atom stereocenters. The molecule has 0 saturated heterocycles. The van der Waals surface area contributed by atoms with E-state index in [1.54, 1.807) is 18.2 Å². The Kier molecular flexibility index (Phi) is 5.45. The van der Waals surface area contributed by atoms with Crippen molar-refractivity contribution in [3.8, 4) is 0 Å². The van der Waals surface area contributed by atoms with Crippen LogP contribution < -0.4 is 10.6 Å². The molecule has 0 amide bonds. The topological polar surface area (TPSA) is 24.1 Å². The molecule has 0 aromatic heterocycles. The molecule has 0 bridgehead atoms. The number of benzene rings is 2. The minimum Gasteiger partial charge on any atom is -0.332 e. The molecule has 0 aliphatic rings. The Balaban J connectivity index is 2.06. The van der Waals surface area contributed by atoms with Gasteiger partial charge in [0, 0.05) is 21.4 Å². The van der Waals surface area contributed by atoms with Gasteiger partial charge in [0.25, 0.3) is 0 Å². The SMILES string of the molecule is CC(C)c1cccc(NC(=S)Nc2cc(Cl)cc(Cl)c2)c1. The van der Waals surface area contributed by atoms with Gasteiger partial charge in [-0.1, -0.05) is 49.2 Å². The standard InChI is InChI=1S/C16H16Cl2N2S/c1-10(2)11-4-3-5-14(6-11)19-16(21)20-15-8-12(17)7-13(18)9-15/h3-10H,1-2H3,(H2,19,20,21). The summed E-state index contributed by atoms with van der Waals surface area (Å²) in [6, 6.07) is 13.4. The Morgan fingerprint density at radius 2 is 1.57 bits per heavy atom. The van der Waals surface area contributed by atoms with Crippen molar-refractivity contribution >= 4 is 51.9 Å². The Hall–Kier alpha value is -1.29. The zero-order valence-electron chi connectivity index (χ0n) is 11.8. The van der Waals surface area contributed by atoms with Gasteiger partial charge < -0.3 is 10.6 Å². The van der Waals surface area contributed by atoms with Crippen LogP contribution in [-0.4, -0.2) is 5.11 Å². The molecule has 21 heavy (non-hydrogen) atoms. The van der Waals surface area contributed by atoms with Crippen molar-refractivity contribution in [1.29, 1.82) is 0 Å². The number of hydrogen-bond acceptors (Lipinski definition) is 1. The molecule has 2 aromatic carbocycles. The van der Waals surface area contributed by atoms with E-state index < -0.39 is 0 Å². The van der Waals surface area contributed by atoms with E-state index in [2.05, 4.69) is 36.6 Å². The Morgan fingerprint density at radius 1 is 0.952 bits per heavy atom. The van der Waals surface area contributed by atoms with Gasteiger partial charge in [-0.15, -0.1) is 0 Å². The maximum atomic E-state index is 5.96. The molecule has 2 rings (SSSR count). The van der Waals surface area contributed by atoms with Crippen LogP contribution in [0.15, 0.2) is 42.5 Å². The van der Waals surface area contributed by atoms with Crippen LogP contribution >= 0.6 is 35.4 Å². The van der Waals surface area contributed by atoms with Crippen molar-refractivity contribution in [3.63, 3.8) is 0 Å².